The van der Waals surface area contributed by atoms with Gasteiger partial charge in [0.05, 0.1) is 0 Å². The largest absolute Gasteiger partial charge is 0.340 e. The zero-order valence-corrected chi connectivity index (χ0v) is 14.6. The summed E-state index contributed by atoms with van der Waals surface area (Å²) in [7, 11) is 4.11. The number of aryl methyl sites for hydroxylation is 1. The molecule has 24 heavy (non-hydrogen) atoms. The van der Waals surface area contributed by atoms with Gasteiger partial charge in [-0.05, 0) is 50.7 Å². The average molecular weight is 339 g/mol. The molecular formula is C18H27F2N3O. The average Bonchev–Trinajstić information content (AvgIpc) is 2.56. The SMILES string of the molecule is CN(C)CCN1CCN(C(=O)CCCc2cc(F)ccc2F)CC1. The third kappa shape index (κ3) is 5.83. The van der Waals surface area contributed by atoms with Gasteiger partial charge in [-0.25, -0.2) is 8.78 Å². The molecule has 1 aromatic rings. The Morgan fingerprint density at radius 2 is 1.88 bits per heavy atom. The Hall–Kier alpha value is -1.53. The Kier molecular flexibility index (Phi) is 7.12. The molecule has 0 unspecified atom stereocenters. The highest BCUT2D eigenvalue weighted by atomic mass is 19.1. The van der Waals surface area contributed by atoms with Crippen molar-refractivity contribution in [1.29, 1.82) is 0 Å². The first-order chi connectivity index (χ1) is 11.5. The van der Waals surface area contributed by atoms with Gasteiger partial charge in [0.15, 0.2) is 0 Å². The van der Waals surface area contributed by atoms with Crippen LogP contribution in [0.2, 0.25) is 0 Å². The molecule has 0 N–H and O–H groups in total. The Labute approximate surface area is 143 Å². The van der Waals surface area contributed by atoms with Gasteiger partial charge in [-0.1, -0.05) is 0 Å². The van der Waals surface area contributed by atoms with Gasteiger partial charge < -0.3 is 9.80 Å². The molecule has 1 aliphatic rings. The molecule has 0 aliphatic carbocycles. The summed E-state index contributed by atoms with van der Waals surface area (Å²) < 4.78 is 26.7. The molecule has 1 aromatic carbocycles. The van der Waals surface area contributed by atoms with E-state index in [2.05, 4.69) is 23.9 Å². The molecule has 1 heterocycles. The van der Waals surface area contributed by atoms with Gasteiger partial charge >= 0.3 is 0 Å². The smallest absolute Gasteiger partial charge is 0.222 e. The van der Waals surface area contributed by atoms with Gasteiger partial charge in [-0.15, -0.1) is 0 Å². The molecule has 1 saturated heterocycles. The van der Waals surface area contributed by atoms with E-state index in [0.29, 0.717) is 24.8 Å². The second-order valence-corrected chi connectivity index (χ2v) is 6.61. The first kappa shape index (κ1) is 18.8. The van der Waals surface area contributed by atoms with Crippen LogP contribution >= 0.6 is 0 Å². The van der Waals surface area contributed by atoms with Crippen LogP contribution in [0.5, 0.6) is 0 Å². The van der Waals surface area contributed by atoms with Crippen LogP contribution in [0.15, 0.2) is 18.2 Å². The minimum atomic E-state index is -0.438. The number of likely N-dealkylation sites (N-methyl/N-ethyl adjacent to an activating group) is 1. The summed E-state index contributed by atoms with van der Waals surface area (Å²) >= 11 is 0. The zero-order valence-electron chi connectivity index (χ0n) is 14.6. The molecule has 0 atom stereocenters. The molecular weight excluding hydrogens is 312 g/mol. The lowest BCUT2D eigenvalue weighted by Crippen LogP contribution is -2.49. The first-order valence-corrected chi connectivity index (χ1v) is 8.54. The molecule has 0 saturated carbocycles. The van der Waals surface area contributed by atoms with Gasteiger partial charge in [0.1, 0.15) is 11.6 Å². The van der Waals surface area contributed by atoms with E-state index in [0.717, 1.165) is 51.4 Å². The van der Waals surface area contributed by atoms with E-state index in [-0.39, 0.29) is 5.91 Å². The number of rotatable bonds is 7. The van der Waals surface area contributed by atoms with E-state index in [1.807, 2.05) is 4.90 Å². The minimum Gasteiger partial charge on any atom is -0.340 e. The first-order valence-electron chi connectivity index (χ1n) is 8.54. The van der Waals surface area contributed by atoms with Crippen molar-refractivity contribution in [2.75, 3.05) is 53.4 Å². The van der Waals surface area contributed by atoms with Crippen LogP contribution in [0.25, 0.3) is 0 Å². The number of halogens is 2. The number of hydrogen-bond acceptors (Lipinski definition) is 3. The molecule has 0 bridgehead atoms. The summed E-state index contributed by atoms with van der Waals surface area (Å²) in [6.07, 6.45) is 1.31. The molecule has 1 amide bonds. The maximum atomic E-state index is 13.6. The summed E-state index contributed by atoms with van der Waals surface area (Å²) in [6, 6.07) is 3.46. The lowest BCUT2D eigenvalue weighted by atomic mass is 10.1. The number of carbonyl (C=O) groups excluding carboxylic acids is 1. The van der Waals surface area contributed by atoms with Crippen LogP contribution in [0, 0.1) is 11.6 Å². The van der Waals surface area contributed by atoms with Gasteiger partial charge in [0.25, 0.3) is 0 Å². The fraction of sp³-hybridized carbons (Fsp3) is 0.611. The van der Waals surface area contributed by atoms with Crippen LogP contribution in [-0.4, -0.2) is 74.0 Å². The summed E-state index contributed by atoms with van der Waals surface area (Å²) in [5.74, 6) is -0.732. The number of piperazine rings is 1. The number of carbonyl (C=O) groups is 1. The molecule has 0 radical (unpaired) electrons. The van der Waals surface area contributed by atoms with Crippen molar-refractivity contribution in [2.45, 2.75) is 19.3 Å². The van der Waals surface area contributed by atoms with E-state index in [1.54, 1.807) is 0 Å². The Morgan fingerprint density at radius 3 is 2.54 bits per heavy atom. The molecule has 1 fully saturated rings. The topological polar surface area (TPSA) is 26.8 Å². The van der Waals surface area contributed by atoms with Crippen molar-refractivity contribution >= 4 is 5.91 Å². The highest BCUT2D eigenvalue weighted by molar-refractivity contribution is 5.76. The molecule has 0 spiro atoms. The van der Waals surface area contributed by atoms with Crippen LogP contribution in [-0.2, 0) is 11.2 Å². The van der Waals surface area contributed by atoms with E-state index in [9.17, 15) is 13.6 Å². The lowest BCUT2D eigenvalue weighted by molar-refractivity contribution is -0.133. The van der Waals surface area contributed by atoms with Crippen molar-refractivity contribution in [1.82, 2.24) is 14.7 Å². The van der Waals surface area contributed by atoms with Gasteiger partial charge in [-0.2, -0.15) is 0 Å². The van der Waals surface area contributed by atoms with Crippen molar-refractivity contribution < 1.29 is 13.6 Å². The van der Waals surface area contributed by atoms with Gasteiger partial charge in [0, 0.05) is 45.7 Å². The predicted octanol–water partition coefficient (Wildman–Crippen LogP) is 1.99. The minimum absolute atomic E-state index is 0.110. The van der Waals surface area contributed by atoms with Crippen molar-refractivity contribution in [2.24, 2.45) is 0 Å². The highest BCUT2D eigenvalue weighted by Gasteiger charge is 2.20. The quantitative estimate of drug-likeness (QED) is 0.760. The second-order valence-electron chi connectivity index (χ2n) is 6.61. The van der Waals surface area contributed by atoms with E-state index >= 15 is 0 Å². The normalized spacial score (nSPS) is 16.0. The van der Waals surface area contributed by atoms with Crippen LogP contribution in [0.3, 0.4) is 0 Å². The third-order valence-electron chi connectivity index (χ3n) is 4.43. The number of amides is 1. The number of nitrogens with zero attached hydrogens (tertiary/aromatic N) is 3. The Bertz CT molecular complexity index is 543. The van der Waals surface area contributed by atoms with Crippen molar-refractivity contribution in [3.05, 3.63) is 35.4 Å². The maximum Gasteiger partial charge on any atom is 0.222 e. The van der Waals surface area contributed by atoms with Crippen molar-refractivity contribution in [3.8, 4) is 0 Å². The number of benzene rings is 1. The molecule has 4 nitrogen and oxygen atoms in total. The lowest BCUT2D eigenvalue weighted by Gasteiger charge is -2.35. The molecule has 0 aromatic heterocycles. The maximum absolute atomic E-state index is 13.6. The number of hydrogen-bond donors (Lipinski definition) is 0. The fourth-order valence-electron chi connectivity index (χ4n) is 2.89. The van der Waals surface area contributed by atoms with Gasteiger partial charge in [0.2, 0.25) is 5.91 Å². The van der Waals surface area contributed by atoms with E-state index in [1.165, 1.54) is 6.07 Å². The zero-order chi connectivity index (χ0) is 17.5. The molecule has 134 valence electrons. The summed E-state index contributed by atoms with van der Waals surface area (Å²) in [4.78, 5) is 18.7. The second kappa shape index (κ2) is 9.08. The fourth-order valence-corrected chi connectivity index (χ4v) is 2.89. The van der Waals surface area contributed by atoms with Crippen molar-refractivity contribution in [3.63, 3.8) is 0 Å². The molecule has 1 aliphatic heterocycles. The Balaban J connectivity index is 1.69. The van der Waals surface area contributed by atoms with Crippen LogP contribution < -0.4 is 0 Å². The molecule has 6 heteroatoms. The summed E-state index contributed by atoms with van der Waals surface area (Å²) in [5.41, 5.74) is 0.344. The Morgan fingerprint density at radius 1 is 1.17 bits per heavy atom. The third-order valence-corrected chi connectivity index (χ3v) is 4.43. The summed E-state index contributed by atoms with van der Waals surface area (Å²) in [5, 5.41) is 0. The monoisotopic (exact) mass is 339 g/mol. The summed E-state index contributed by atoms with van der Waals surface area (Å²) in [6.45, 7) is 5.35. The standard InChI is InChI=1S/C18H27F2N3O/c1-21(2)8-9-22-10-12-23(13-11-22)18(24)5-3-4-15-14-16(19)6-7-17(15)20/h6-7,14H,3-5,8-13H2,1-2H3. The van der Waals surface area contributed by atoms with Gasteiger partial charge in [-0.3, -0.25) is 9.69 Å². The van der Waals surface area contributed by atoms with E-state index < -0.39 is 11.6 Å². The van der Waals surface area contributed by atoms with Crippen LogP contribution in [0.4, 0.5) is 8.78 Å². The predicted molar refractivity (Wildman–Crippen MR) is 90.9 cm³/mol. The van der Waals surface area contributed by atoms with Crippen LogP contribution in [0.1, 0.15) is 18.4 Å². The highest BCUT2D eigenvalue weighted by Crippen LogP contribution is 2.13. The van der Waals surface area contributed by atoms with E-state index in [4.69, 9.17) is 0 Å². The molecule has 2 rings (SSSR count).